The lowest BCUT2D eigenvalue weighted by Gasteiger charge is -2.32. The van der Waals surface area contributed by atoms with Gasteiger partial charge in [0.25, 0.3) is 11.7 Å². The number of carbonyl (C=O) groups excluding carboxylic acids is 1. The molecule has 2 aliphatic rings. The van der Waals surface area contributed by atoms with Crippen LogP contribution in [0, 0.1) is 5.92 Å². The van der Waals surface area contributed by atoms with E-state index in [2.05, 4.69) is 13.8 Å². The number of hydrogen-bond acceptors (Lipinski definition) is 5. The van der Waals surface area contributed by atoms with Crippen molar-refractivity contribution in [3.8, 4) is 11.5 Å². The second kappa shape index (κ2) is 9.48. The molecular formula is C24H27Cl2NO5. The van der Waals surface area contributed by atoms with Crippen molar-refractivity contribution in [2.45, 2.75) is 39.0 Å². The Morgan fingerprint density at radius 1 is 1.09 bits per heavy atom. The molecule has 0 aromatic heterocycles. The van der Waals surface area contributed by atoms with Gasteiger partial charge in [-0.2, -0.15) is 0 Å². The predicted molar refractivity (Wildman–Crippen MR) is 124 cm³/mol. The summed E-state index contributed by atoms with van der Waals surface area (Å²) < 4.78 is 23.2. The molecule has 0 N–H and O–H groups in total. The van der Waals surface area contributed by atoms with Gasteiger partial charge in [-0.3, -0.25) is 4.79 Å². The standard InChI is InChI=1S/C24H27Cl2NO5/c1-15(2)9-12-30-19-8-5-16(13-20(19)29-3)14-27-22-18(26)7-6-17(25)21(22)24(23(27)28)31-10-4-11-32-24/h5-8,13,15H,4,9-12,14H2,1-3H3. The van der Waals surface area contributed by atoms with Crippen LogP contribution in [0.4, 0.5) is 5.69 Å². The molecule has 0 unspecified atom stereocenters. The Balaban J connectivity index is 1.65. The van der Waals surface area contributed by atoms with Gasteiger partial charge < -0.3 is 23.8 Å². The lowest BCUT2D eigenvalue weighted by molar-refractivity contribution is -0.256. The van der Waals surface area contributed by atoms with Crippen molar-refractivity contribution in [3.63, 3.8) is 0 Å². The molecule has 172 valence electrons. The summed E-state index contributed by atoms with van der Waals surface area (Å²) in [6.07, 6.45) is 1.66. The third-order valence-corrected chi connectivity index (χ3v) is 6.24. The highest BCUT2D eigenvalue weighted by Crippen LogP contribution is 2.51. The Bertz CT molecular complexity index is 1000. The van der Waals surface area contributed by atoms with Crippen LogP contribution >= 0.6 is 23.2 Å². The van der Waals surface area contributed by atoms with Gasteiger partial charge in [-0.05, 0) is 48.6 Å². The molecule has 1 fully saturated rings. The number of nitrogens with zero attached hydrogens (tertiary/aromatic N) is 1. The minimum Gasteiger partial charge on any atom is -0.493 e. The van der Waals surface area contributed by atoms with Crippen molar-refractivity contribution in [2.24, 2.45) is 5.92 Å². The van der Waals surface area contributed by atoms with E-state index in [0.717, 1.165) is 12.0 Å². The van der Waals surface area contributed by atoms with Crippen LogP contribution in [0.3, 0.4) is 0 Å². The first-order valence-corrected chi connectivity index (χ1v) is 11.5. The highest BCUT2D eigenvalue weighted by atomic mass is 35.5. The van der Waals surface area contributed by atoms with Crippen LogP contribution in [0.1, 0.15) is 37.8 Å². The van der Waals surface area contributed by atoms with Crippen LogP contribution in [0.15, 0.2) is 30.3 Å². The Morgan fingerprint density at radius 2 is 1.81 bits per heavy atom. The van der Waals surface area contributed by atoms with Gasteiger partial charge in [0.1, 0.15) is 0 Å². The first-order chi connectivity index (χ1) is 15.4. The maximum atomic E-state index is 13.6. The molecule has 2 aromatic rings. The zero-order valence-electron chi connectivity index (χ0n) is 18.5. The van der Waals surface area contributed by atoms with Crippen LogP contribution in [-0.4, -0.2) is 32.8 Å². The van der Waals surface area contributed by atoms with E-state index in [1.165, 1.54) is 0 Å². The third kappa shape index (κ3) is 4.17. The zero-order chi connectivity index (χ0) is 22.9. The number of halogens is 2. The Morgan fingerprint density at radius 3 is 2.50 bits per heavy atom. The molecule has 6 nitrogen and oxygen atoms in total. The molecule has 1 spiro atoms. The van der Waals surface area contributed by atoms with Gasteiger partial charge in [-0.1, -0.05) is 43.1 Å². The number of ether oxygens (including phenoxy) is 4. The van der Waals surface area contributed by atoms with E-state index in [1.807, 2.05) is 18.2 Å². The highest BCUT2D eigenvalue weighted by molar-refractivity contribution is 6.38. The summed E-state index contributed by atoms with van der Waals surface area (Å²) in [5, 5.41) is 0.793. The first kappa shape index (κ1) is 23.2. The van der Waals surface area contributed by atoms with Gasteiger partial charge in [-0.25, -0.2) is 0 Å². The lowest BCUT2D eigenvalue weighted by atomic mass is 10.1. The Kier molecular flexibility index (Phi) is 6.86. The summed E-state index contributed by atoms with van der Waals surface area (Å²) in [7, 11) is 1.60. The molecular weight excluding hydrogens is 453 g/mol. The normalized spacial score (nSPS) is 17.2. The summed E-state index contributed by atoms with van der Waals surface area (Å²) in [5.41, 5.74) is 1.83. The number of rotatable bonds is 7. The number of carbonyl (C=O) groups is 1. The average Bonchev–Trinajstić information content (AvgIpc) is 3.01. The fraction of sp³-hybridized carbons (Fsp3) is 0.458. The maximum absolute atomic E-state index is 13.6. The van der Waals surface area contributed by atoms with Crippen molar-refractivity contribution < 1.29 is 23.7 Å². The van der Waals surface area contributed by atoms with E-state index in [4.69, 9.17) is 42.1 Å². The average molecular weight is 480 g/mol. The van der Waals surface area contributed by atoms with E-state index in [0.29, 0.717) is 65.0 Å². The largest absolute Gasteiger partial charge is 0.493 e. The van der Waals surface area contributed by atoms with Crippen molar-refractivity contribution in [2.75, 3.05) is 31.8 Å². The van der Waals surface area contributed by atoms with Gasteiger partial charge in [0.15, 0.2) is 11.5 Å². The zero-order valence-corrected chi connectivity index (χ0v) is 20.0. The second-order valence-corrected chi connectivity index (χ2v) is 9.14. The van der Waals surface area contributed by atoms with E-state index >= 15 is 0 Å². The number of hydrogen-bond donors (Lipinski definition) is 0. The monoisotopic (exact) mass is 479 g/mol. The van der Waals surface area contributed by atoms with Crippen LogP contribution in [0.25, 0.3) is 0 Å². The molecule has 0 aliphatic carbocycles. The molecule has 1 amide bonds. The number of amides is 1. The van der Waals surface area contributed by atoms with Crippen LogP contribution < -0.4 is 14.4 Å². The summed E-state index contributed by atoms with van der Waals surface area (Å²) in [5.74, 6) is -0.0654. The number of fused-ring (bicyclic) bond motifs is 2. The molecule has 0 radical (unpaired) electrons. The van der Waals surface area contributed by atoms with Gasteiger partial charge in [-0.15, -0.1) is 0 Å². The van der Waals surface area contributed by atoms with Gasteiger partial charge >= 0.3 is 0 Å². The predicted octanol–water partition coefficient (Wildman–Crippen LogP) is 5.56. The fourth-order valence-corrected chi connectivity index (χ4v) is 4.51. The molecule has 32 heavy (non-hydrogen) atoms. The Hall–Kier alpha value is -1.99. The van der Waals surface area contributed by atoms with Crippen LogP contribution in [-0.2, 0) is 26.6 Å². The van der Waals surface area contributed by atoms with Crippen molar-refractivity contribution in [3.05, 3.63) is 51.5 Å². The number of methoxy groups -OCH3 is 1. The highest BCUT2D eigenvalue weighted by Gasteiger charge is 2.56. The quantitative estimate of drug-likeness (QED) is 0.519. The molecule has 2 aliphatic heterocycles. The summed E-state index contributed by atoms with van der Waals surface area (Å²) in [6, 6.07) is 8.97. The molecule has 2 aromatic carbocycles. The minimum atomic E-state index is -1.56. The smallest absolute Gasteiger partial charge is 0.292 e. The minimum absolute atomic E-state index is 0.253. The molecule has 2 heterocycles. The van der Waals surface area contributed by atoms with Gasteiger partial charge in [0, 0.05) is 0 Å². The summed E-state index contributed by atoms with van der Waals surface area (Å²) in [6.45, 7) is 5.97. The molecule has 1 saturated heterocycles. The van der Waals surface area contributed by atoms with Crippen LogP contribution in [0.2, 0.25) is 10.0 Å². The van der Waals surface area contributed by atoms with Crippen molar-refractivity contribution >= 4 is 34.8 Å². The summed E-state index contributed by atoms with van der Waals surface area (Å²) >= 11 is 13.0. The SMILES string of the molecule is COc1cc(CN2C(=O)C3(OCCCO3)c3c(Cl)ccc(Cl)c32)ccc1OCCC(C)C. The van der Waals surface area contributed by atoms with Crippen molar-refractivity contribution in [1.82, 2.24) is 0 Å². The fourth-order valence-electron chi connectivity index (χ4n) is 3.97. The molecule has 4 rings (SSSR count). The molecule has 0 bridgehead atoms. The third-order valence-electron chi connectivity index (χ3n) is 5.62. The number of anilines is 1. The van der Waals surface area contributed by atoms with E-state index < -0.39 is 5.79 Å². The van der Waals surface area contributed by atoms with E-state index in [9.17, 15) is 4.79 Å². The summed E-state index contributed by atoms with van der Waals surface area (Å²) in [4.78, 5) is 15.1. The van der Waals surface area contributed by atoms with Crippen molar-refractivity contribution in [1.29, 1.82) is 0 Å². The second-order valence-electron chi connectivity index (χ2n) is 8.33. The lowest BCUT2D eigenvalue weighted by Crippen LogP contribution is -2.47. The molecule has 0 atom stereocenters. The van der Waals surface area contributed by atoms with E-state index in [-0.39, 0.29) is 12.5 Å². The van der Waals surface area contributed by atoms with Gasteiger partial charge in [0.05, 0.1) is 54.8 Å². The molecule has 0 saturated carbocycles. The topological polar surface area (TPSA) is 57.2 Å². The first-order valence-electron chi connectivity index (χ1n) is 10.8. The maximum Gasteiger partial charge on any atom is 0.292 e. The van der Waals surface area contributed by atoms with E-state index in [1.54, 1.807) is 24.1 Å². The number of benzene rings is 2. The van der Waals surface area contributed by atoms with Crippen LogP contribution in [0.5, 0.6) is 11.5 Å². The Labute approximate surface area is 198 Å². The molecule has 8 heteroatoms. The van der Waals surface area contributed by atoms with Gasteiger partial charge in [0.2, 0.25) is 0 Å².